The molecule has 128 valence electrons. The first kappa shape index (κ1) is 19.2. The summed E-state index contributed by atoms with van der Waals surface area (Å²) in [6, 6.07) is 0. The van der Waals surface area contributed by atoms with Gasteiger partial charge in [0.15, 0.2) is 0 Å². The average molecular weight is 333 g/mol. The summed E-state index contributed by atoms with van der Waals surface area (Å²) >= 11 is 0. The van der Waals surface area contributed by atoms with Gasteiger partial charge in [0.25, 0.3) is 0 Å². The van der Waals surface area contributed by atoms with E-state index in [0.717, 1.165) is 57.9 Å². The number of nitrogens with two attached hydrogens (primary N) is 1. The summed E-state index contributed by atoms with van der Waals surface area (Å²) in [6.45, 7) is 1.45. The Balaban J connectivity index is 0.00000242. The molecule has 2 fully saturated rings. The number of nitrogens with one attached hydrogen (secondary N) is 1. The van der Waals surface area contributed by atoms with Gasteiger partial charge in [0.2, 0.25) is 5.91 Å². The molecule has 2 aliphatic rings. The standard InChI is InChI=1S/C16H28N2O3.ClH/c17-9-11-1-5-13(6-2-11)15(19)18-10-12-3-7-14(8-4-12)16(20)21;/h11-14H,1-10,17H2,(H,18,19)(H,20,21);1H. The molecule has 0 radical (unpaired) electrons. The molecule has 22 heavy (non-hydrogen) atoms. The van der Waals surface area contributed by atoms with Crippen molar-refractivity contribution in [3.05, 3.63) is 0 Å². The Morgan fingerprint density at radius 2 is 1.41 bits per heavy atom. The predicted molar refractivity (Wildman–Crippen MR) is 87.8 cm³/mol. The van der Waals surface area contributed by atoms with E-state index in [1.807, 2.05) is 0 Å². The minimum atomic E-state index is -0.672. The number of rotatable bonds is 5. The molecule has 5 nitrogen and oxygen atoms in total. The lowest BCUT2D eigenvalue weighted by Gasteiger charge is -2.29. The third kappa shape index (κ3) is 5.43. The topological polar surface area (TPSA) is 92.4 Å². The maximum Gasteiger partial charge on any atom is 0.306 e. The summed E-state index contributed by atoms with van der Waals surface area (Å²) in [7, 11) is 0. The lowest BCUT2D eigenvalue weighted by molar-refractivity contribution is -0.143. The number of carbonyl (C=O) groups is 2. The van der Waals surface area contributed by atoms with Crippen molar-refractivity contribution in [3.8, 4) is 0 Å². The zero-order valence-electron chi connectivity index (χ0n) is 13.1. The van der Waals surface area contributed by atoms with Crippen LogP contribution in [0.3, 0.4) is 0 Å². The van der Waals surface area contributed by atoms with Crippen LogP contribution in [0, 0.1) is 23.7 Å². The van der Waals surface area contributed by atoms with E-state index in [4.69, 9.17) is 10.8 Å². The van der Waals surface area contributed by atoms with Crippen LogP contribution in [-0.4, -0.2) is 30.1 Å². The molecule has 0 aromatic rings. The first-order valence-electron chi connectivity index (χ1n) is 8.30. The normalized spacial score (nSPS) is 31.9. The number of hydrogen-bond acceptors (Lipinski definition) is 3. The second-order valence-electron chi connectivity index (χ2n) is 6.75. The Bertz CT molecular complexity index is 362. The van der Waals surface area contributed by atoms with Crippen LogP contribution >= 0.6 is 12.4 Å². The van der Waals surface area contributed by atoms with Gasteiger partial charge in [-0.3, -0.25) is 9.59 Å². The SMILES string of the molecule is Cl.NCC1CCC(C(=O)NCC2CCC(C(=O)O)CC2)CC1. The van der Waals surface area contributed by atoms with E-state index in [1.165, 1.54) is 0 Å². The highest BCUT2D eigenvalue weighted by Gasteiger charge is 2.28. The number of aliphatic carboxylic acids is 1. The summed E-state index contributed by atoms with van der Waals surface area (Å²) in [5.41, 5.74) is 5.67. The summed E-state index contributed by atoms with van der Waals surface area (Å²) in [5, 5.41) is 12.1. The number of carboxylic acid groups (broad SMARTS) is 1. The van der Waals surface area contributed by atoms with Crippen LogP contribution < -0.4 is 11.1 Å². The highest BCUT2D eigenvalue weighted by molar-refractivity contribution is 5.85. The minimum absolute atomic E-state index is 0. The lowest BCUT2D eigenvalue weighted by atomic mass is 9.80. The van der Waals surface area contributed by atoms with E-state index in [2.05, 4.69) is 5.32 Å². The summed E-state index contributed by atoms with van der Waals surface area (Å²) < 4.78 is 0. The predicted octanol–water partition coefficient (Wildman–Crippen LogP) is 2.18. The fourth-order valence-electron chi connectivity index (χ4n) is 3.66. The first-order chi connectivity index (χ1) is 10.1. The van der Waals surface area contributed by atoms with Crippen LogP contribution in [0.25, 0.3) is 0 Å². The molecule has 0 saturated heterocycles. The van der Waals surface area contributed by atoms with Gasteiger partial charge in [-0.05, 0) is 69.7 Å². The van der Waals surface area contributed by atoms with E-state index >= 15 is 0 Å². The summed E-state index contributed by atoms with van der Waals surface area (Å²) in [4.78, 5) is 23.1. The van der Waals surface area contributed by atoms with Crippen LogP contribution in [0.5, 0.6) is 0 Å². The number of amides is 1. The lowest BCUT2D eigenvalue weighted by Crippen LogP contribution is -2.38. The van der Waals surface area contributed by atoms with E-state index in [-0.39, 0.29) is 30.2 Å². The van der Waals surface area contributed by atoms with Crippen LogP contribution in [0.1, 0.15) is 51.4 Å². The Morgan fingerprint density at radius 3 is 1.91 bits per heavy atom. The van der Waals surface area contributed by atoms with Gasteiger partial charge in [-0.25, -0.2) is 0 Å². The van der Waals surface area contributed by atoms with E-state index in [0.29, 0.717) is 18.4 Å². The highest BCUT2D eigenvalue weighted by Crippen LogP contribution is 2.30. The quantitative estimate of drug-likeness (QED) is 0.719. The molecule has 2 rings (SSSR count). The third-order valence-corrected chi connectivity index (χ3v) is 5.31. The van der Waals surface area contributed by atoms with E-state index < -0.39 is 5.97 Å². The van der Waals surface area contributed by atoms with Gasteiger partial charge in [-0.15, -0.1) is 12.4 Å². The van der Waals surface area contributed by atoms with Crippen molar-refractivity contribution in [2.45, 2.75) is 51.4 Å². The number of halogens is 1. The van der Waals surface area contributed by atoms with Crippen LogP contribution in [0.15, 0.2) is 0 Å². The van der Waals surface area contributed by atoms with Crippen molar-refractivity contribution >= 4 is 24.3 Å². The van der Waals surface area contributed by atoms with Gasteiger partial charge in [0.05, 0.1) is 5.92 Å². The zero-order chi connectivity index (χ0) is 15.2. The van der Waals surface area contributed by atoms with Gasteiger partial charge in [-0.1, -0.05) is 0 Å². The fraction of sp³-hybridized carbons (Fsp3) is 0.875. The maximum atomic E-state index is 12.2. The molecule has 0 spiro atoms. The number of hydrogen-bond donors (Lipinski definition) is 3. The minimum Gasteiger partial charge on any atom is -0.481 e. The molecule has 0 aliphatic heterocycles. The highest BCUT2D eigenvalue weighted by atomic mass is 35.5. The zero-order valence-corrected chi connectivity index (χ0v) is 13.9. The largest absolute Gasteiger partial charge is 0.481 e. The molecular formula is C16H29ClN2O3. The van der Waals surface area contributed by atoms with Gasteiger partial charge in [0.1, 0.15) is 0 Å². The molecule has 0 bridgehead atoms. The number of carboxylic acids is 1. The molecular weight excluding hydrogens is 304 g/mol. The Kier molecular flexibility index (Phi) is 8.18. The Morgan fingerprint density at radius 1 is 0.909 bits per heavy atom. The average Bonchev–Trinajstić information content (AvgIpc) is 2.53. The van der Waals surface area contributed by atoms with Crippen molar-refractivity contribution in [3.63, 3.8) is 0 Å². The summed E-state index contributed by atoms with van der Waals surface area (Å²) in [6.07, 6.45) is 7.37. The van der Waals surface area contributed by atoms with Gasteiger partial charge < -0.3 is 16.2 Å². The molecule has 6 heteroatoms. The molecule has 0 aromatic heterocycles. The van der Waals surface area contributed by atoms with Crippen LogP contribution in [-0.2, 0) is 9.59 Å². The maximum absolute atomic E-state index is 12.2. The first-order valence-corrected chi connectivity index (χ1v) is 8.30. The molecule has 2 saturated carbocycles. The Labute approximate surface area is 138 Å². The van der Waals surface area contributed by atoms with Crippen molar-refractivity contribution in [1.82, 2.24) is 5.32 Å². The van der Waals surface area contributed by atoms with Crippen LogP contribution in [0.4, 0.5) is 0 Å². The van der Waals surface area contributed by atoms with Crippen LogP contribution in [0.2, 0.25) is 0 Å². The summed E-state index contributed by atoms with van der Waals surface area (Å²) in [5.74, 6) is 0.539. The second kappa shape index (κ2) is 9.36. The van der Waals surface area contributed by atoms with Gasteiger partial charge >= 0.3 is 5.97 Å². The second-order valence-corrected chi connectivity index (χ2v) is 6.75. The third-order valence-electron chi connectivity index (χ3n) is 5.31. The van der Waals surface area contributed by atoms with Crippen molar-refractivity contribution < 1.29 is 14.7 Å². The molecule has 0 heterocycles. The molecule has 0 unspecified atom stereocenters. The van der Waals surface area contributed by atoms with Gasteiger partial charge in [-0.2, -0.15) is 0 Å². The molecule has 1 amide bonds. The molecule has 0 aromatic carbocycles. The smallest absolute Gasteiger partial charge is 0.306 e. The monoisotopic (exact) mass is 332 g/mol. The fourth-order valence-corrected chi connectivity index (χ4v) is 3.66. The van der Waals surface area contributed by atoms with E-state index in [9.17, 15) is 9.59 Å². The Hall–Kier alpha value is -0.810. The van der Waals surface area contributed by atoms with E-state index in [1.54, 1.807) is 0 Å². The van der Waals surface area contributed by atoms with Crippen molar-refractivity contribution in [2.24, 2.45) is 29.4 Å². The molecule has 4 N–H and O–H groups in total. The van der Waals surface area contributed by atoms with Crippen molar-refractivity contribution in [1.29, 1.82) is 0 Å². The van der Waals surface area contributed by atoms with Gasteiger partial charge in [0, 0.05) is 12.5 Å². The molecule has 2 aliphatic carbocycles. The number of carbonyl (C=O) groups excluding carboxylic acids is 1. The van der Waals surface area contributed by atoms with Crippen molar-refractivity contribution in [2.75, 3.05) is 13.1 Å². The molecule has 0 atom stereocenters.